The summed E-state index contributed by atoms with van der Waals surface area (Å²) < 4.78 is 5.58. The zero-order valence-corrected chi connectivity index (χ0v) is 13.6. The molecule has 0 aliphatic rings. The normalized spacial score (nSPS) is 10.7. The van der Waals surface area contributed by atoms with Crippen molar-refractivity contribution in [2.24, 2.45) is 0 Å². The van der Waals surface area contributed by atoms with Crippen LogP contribution in [-0.4, -0.2) is 24.0 Å². The molecule has 0 unspecified atom stereocenters. The second kappa shape index (κ2) is 8.20. The molecule has 0 aliphatic heterocycles. The molecular formula is C20H22N2O2. The van der Waals surface area contributed by atoms with Gasteiger partial charge in [0.15, 0.2) is 0 Å². The van der Waals surface area contributed by atoms with Gasteiger partial charge in [0.2, 0.25) is 5.91 Å². The summed E-state index contributed by atoms with van der Waals surface area (Å²) >= 11 is 0. The van der Waals surface area contributed by atoms with Gasteiger partial charge in [0, 0.05) is 24.7 Å². The van der Waals surface area contributed by atoms with E-state index in [1.54, 1.807) is 0 Å². The van der Waals surface area contributed by atoms with Crippen molar-refractivity contribution in [3.8, 4) is 5.75 Å². The molecule has 0 radical (unpaired) electrons. The molecular weight excluding hydrogens is 300 g/mol. The third-order valence-corrected chi connectivity index (χ3v) is 3.92. The smallest absolute Gasteiger partial charge is 0.220 e. The third kappa shape index (κ3) is 4.62. The Bertz CT molecular complexity index is 780. The van der Waals surface area contributed by atoms with Crippen molar-refractivity contribution in [2.75, 3.05) is 13.2 Å². The molecule has 0 aliphatic carbocycles. The highest BCUT2D eigenvalue weighted by Crippen LogP contribution is 2.14. The van der Waals surface area contributed by atoms with Crippen LogP contribution in [0.25, 0.3) is 10.9 Å². The van der Waals surface area contributed by atoms with E-state index < -0.39 is 0 Å². The Morgan fingerprint density at radius 1 is 1.08 bits per heavy atom. The van der Waals surface area contributed by atoms with Crippen molar-refractivity contribution < 1.29 is 9.53 Å². The molecule has 2 aromatic carbocycles. The van der Waals surface area contributed by atoms with Crippen LogP contribution in [0.15, 0.2) is 60.8 Å². The summed E-state index contributed by atoms with van der Waals surface area (Å²) in [5, 5.41) is 4.18. The average molecular weight is 322 g/mol. The van der Waals surface area contributed by atoms with Crippen LogP contribution in [0.4, 0.5) is 0 Å². The van der Waals surface area contributed by atoms with Gasteiger partial charge in [-0.15, -0.1) is 0 Å². The fourth-order valence-electron chi connectivity index (χ4n) is 2.62. The summed E-state index contributed by atoms with van der Waals surface area (Å²) in [5.41, 5.74) is 2.36. The Kier molecular flexibility index (Phi) is 5.51. The predicted octanol–water partition coefficient (Wildman–Crippen LogP) is 3.69. The molecule has 4 heteroatoms. The van der Waals surface area contributed by atoms with Crippen molar-refractivity contribution in [3.05, 3.63) is 66.4 Å². The average Bonchev–Trinajstić information content (AvgIpc) is 3.07. The summed E-state index contributed by atoms with van der Waals surface area (Å²) in [7, 11) is 0. The molecule has 0 saturated carbocycles. The topological polar surface area (TPSA) is 54.1 Å². The van der Waals surface area contributed by atoms with Gasteiger partial charge in [-0.25, -0.2) is 0 Å². The molecule has 0 bridgehead atoms. The fourth-order valence-corrected chi connectivity index (χ4v) is 2.62. The summed E-state index contributed by atoms with van der Waals surface area (Å²) in [6.45, 7) is 1.21. The highest BCUT2D eigenvalue weighted by Gasteiger charge is 2.02. The molecule has 0 spiro atoms. The Balaban J connectivity index is 1.32. The molecule has 1 heterocycles. The van der Waals surface area contributed by atoms with Crippen LogP contribution in [0.2, 0.25) is 0 Å². The largest absolute Gasteiger partial charge is 0.494 e. The van der Waals surface area contributed by atoms with Crippen LogP contribution in [0.1, 0.15) is 18.4 Å². The van der Waals surface area contributed by atoms with Crippen LogP contribution >= 0.6 is 0 Å². The zero-order chi connectivity index (χ0) is 16.6. The summed E-state index contributed by atoms with van der Waals surface area (Å²) in [6, 6.07) is 18.1. The second-order valence-corrected chi connectivity index (χ2v) is 5.76. The van der Waals surface area contributed by atoms with Gasteiger partial charge in [-0.05, 0) is 48.1 Å². The number of H-pyrrole nitrogens is 1. The monoisotopic (exact) mass is 322 g/mol. The number of carbonyl (C=O) groups is 1. The van der Waals surface area contributed by atoms with Crippen molar-refractivity contribution >= 4 is 16.8 Å². The van der Waals surface area contributed by atoms with E-state index in [1.807, 2.05) is 36.5 Å². The number of benzene rings is 2. The Labute approximate surface area is 141 Å². The van der Waals surface area contributed by atoms with E-state index in [0.29, 0.717) is 19.6 Å². The first-order valence-electron chi connectivity index (χ1n) is 8.32. The summed E-state index contributed by atoms with van der Waals surface area (Å²) in [5.74, 6) is 0.922. The molecule has 124 valence electrons. The number of aromatic amines is 1. The summed E-state index contributed by atoms with van der Waals surface area (Å²) in [6.07, 6.45) is 3.98. The molecule has 24 heavy (non-hydrogen) atoms. The fraction of sp³-hybridized carbons (Fsp3) is 0.250. The number of aromatic nitrogens is 1. The lowest BCUT2D eigenvalue weighted by Gasteiger charge is -2.07. The van der Waals surface area contributed by atoms with Gasteiger partial charge in [-0.2, -0.15) is 0 Å². The lowest BCUT2D eigenvalue weighted by Crippen LogP contribution is -2.25. The number of nitrogens with one attached hydrogen (secondary N) is 2. The van der Waals surface area contributed by atoms with Gasteiger partial charge in [0.05, 0.1) is 6.61 Å². The number of hydrogen-bond donors (Lipinski definition) is 2. The molecule has 0 fully saturated rings. The third-order valence-electron chi connectivity index (χ3n) is 3.92. The molecule has 1 aromatic heterocycles. The van der Waals surface area contributed by atoms with Crippen molar-refractivity contribution in [1.29, 1.82) is 0 Å². The SMILES string of the molecule is O=C(CCCOc1ccccc1)NCCc1ccc2cc[nH]c2c1. The minimum Gasteiger partial charge on any atom is -0.494 e. The van der Waals surface area contributed by atoms with E-state index >= 15 is 0 Å². The first kappa shape index (κ1) is 16.1. The number of rotatable bonds is 8. The first-order valence-corrected chi connectivity index (χ1v) is 8.32. The number of fused-ring (bicyclic) bond motifs is 1. The van der Waals surface area contributed by atoms with Crippen LogP contribution in [0.3, 0.4) is 0 Å². The lowest BCUT2D eigenvalue weighted by molar-refractivity contribution is -0.121. The van der Waals surface area contributed by atoms with Crippen molar-refractivity contribution in [2.45, 2.75) is 19.3 Å². The molecule has 4 nitrogen and oxygen atoms in total. The van der Waals surface area contributed by atoms with E-state index in [4.69, 9.17) is 4.74 Å². The maximum absolute atomic E-state index is 11.8. The second-order valence-electron chi connectivity index (χ2n) is 5.76. The van der Waals surface area contributed by atoms with E-state index in [9.17, 15) is 4.79 Å². The number of hydrogen-bond acceptors (Lipinski definition) is 2. The molecule has 0 atom stereocenters. The molecule has 1 amide bonds. The van der Waals surface area contributed by atoms with E-state index in [1.165, 1.54) is 10.9 Å². The van der Waals surface area contributed by atoms with Crippen LogP contribution in [-0.2, 0) is 11.2 Å². The van der Waals surface area contributed by atoms with Gasteiger partial charge >= 0.3 is 0 Å². The Hall–Kier alpha value is -2.75. The molecule has 2 N–H and O–H groups in total. The molecule has 0 saturated heterocycles. The number of amides is 1. The quantitative estimate of drug-likeness (QED) is 0.622. The maximum atomic E-state index is 11.8. The van der Waals surface area contributed by atoms with Gasteiger partial charge in [0.1, 0.15) is 5.75 Å². The van der Waals surface area contributed by atoms with E-state index in [0.717, 1.165) is 24.1 Å². The predicted molar refractivity (Wildman–Crippen MR) is 96.2 cm³/mol. The molecule has 3 aromatic rings. The van der Waals surface area contributed by atoms with Crippen LogP contribution in [0, 0.1) is 0 Å². The Morgan fingerprint density at radius 2 is 1.96 bits per heavy atom. The number of carbonyl (C=O) groups excluding carboxylic acids is 1. The van der Waals surface area contributed by atoms with Crippen LogP contribution in [0.5, 0.6) is 5.75 Å². The summed E-state index contributed by atoms with van der Waals surface area (Å²) in [4.78, 5) is 15.0. The highest BCUT2D eigenvalue weighted by atomic mass is 16.5. The molecule has 3 rings (SSSR count). The number of para-hydroxylation sites is 1. The van der Waals surface area contributed by atoms with Gasteiger partial charge < -0.3 is 15.0 Å². The lowest BCUT2D eigenvalue weighted by atomic mass is 10.1. The van der Waals surface area contributed by atoms with Crippen molar-refractivity contribution in [3.63, 3.8) is 0 Å². The van der Waals surface area contributed by atoms with E-state index in [2.05, 4.69) is 34.6 Å². The first-order chi connectivity index (χ1) is 11.8. The highest BCUT2D eigenvalue weighted by molar-refractivity contribution is 5.80. The van der Waals surface area contributed by atoms with Crippen molar-refractivity contribution in [1.82, 2.24) is 10.3 Å². The zero-order valence-electron chi connectivity index (χ0n) is 13.6. The van der Waals surface area contributed by atoms with Gasteiger partial charge in [-0.1, -0.05) is 30.3 Å². The van der Waals surface area contributed by atoms with E-state index in [-0.39, 0.29) is 5.91 Å². The number of ether oxygens (including phenoxy) is 1. The maximum Gasteiger partial charge on any atom is 0.220 e. The van der Waals surface area contributed by atoms with Gasteiger partial charge in [0.25, 0.3) is 0 Å². The standard InChI is InChI=1S/C20H22N2O2/c23-20(7-4-14-24-18-5-2-1-3-6-18)22-12-10-16-8-9-17-11-13-21-19(17)15-16/h1-3,5-6,8-9,11,13,15,21H,4,7,10,12,14H2,(H,22,23). The minimum atomic E-state index is 0.0765. The Morgan fingerprint density at radius 3 is 2.83 bits per heavy atom. The van der Waals surface area contributed by atoms with Crippen LogP contribution < -0.4 is 10.1 Å². The van der Waals surface area contributed by atoms with Gasteiger partial charge in [-0.3, -0.25) is 4.79 Å². The minimum absolute atomic E-state index is 0.0765.